The van der Waals surface area contributed by atoms with E-state index < -0.39 is 0 Å². The molecule has 0 aromatic heterocycles. The minimum Gasteiger partial charge on any atom is -0.367 e. The molecular weight excluding hydrogens is 274 g/mol. The second-order valence-corrected chi connectivity index (χ2v) is 6.69. The zero-order chi connectivity index (χ0) is 15.9. The molecule has 0 heterocycles. The molecule has 3 heteroatoms. The fourth-order valence-electron chi connectivity index (χ4n) is 3.85. The Morgan fingerprint density at radius 1 is 1.00 bits per heavy atom. The quantitative estimate of drug-likeness (QED) is 0.816. The van der Waals surface area contributed by atoms with E-state index in [-0.39, 0.29) is 10.9 Å². The Balaban J connectivity index is 1.98. The Kier molecular flexibility index (Phi) is 3.90. The molecule has 1 aliphatic rings. The maximum Gasteiger partial charge on any atom is 0.250 e. The van der Waals surface area contributed by atoms with Gasteiger partial charge in [-0.1, -0.05) is 57.0 Å². The van der Waals surface area contributed by atoms with E-state index in [4.69, 9.17) is 0 Å². The first-order valence-corrected chi connectivity index (χ1v) is 8.14. The SMILES string of the molecule is C[C@H]1[C@H](C)CCC[C@@H]1N(C)c1c(-c2ccccc2)c(=O)c1=O. The van der Waals surface area contributed by atoms with Gasteiger partial charge < -0.3 is 4.90 Å². The summed E-state index contributed by atoms with van der Waals surface area (Å²) in [4.78, 5) is 26.3. The average Bonchev–Trinajstić information content (AvgIpc) is 2.54. The van der Waals surface area contributed by atoms with E-state index >= 15 is 0 Å². The Morgan fingerprint density at radius 3 is 2.36 bits per heavy atom. The van der Waals surface area contributed by atoms with Crippen LogP contribution in [0.3, 0.4) is 0 Å². The molecule has 0 spiro atoms. The van der Waals surface area contributed by atoms with Crippen LogP contribution in [0.2, 0.25) is 0 Å². The summed E-state index contributed by atoms with van der Waals surface area (Å²) < 4.78 is 0. The van der Waals surface area contributed by atoms with Crippen molar-refractivity contribution in [3.05, 3.63) is 50.8 Å². The molecule has 0 aliphatic heterocycles. The van der Waals surface area contributed by atoms with Crippen molar-refractivity contribution in [1.29, 1.82) is 0 Å². The summed E-state index contributed by atoms with van der Waals surface area (Å²) >= 11 is 0. The zero-order valence-corrected chi connectivity index (χ0v) is 13.5. The molecule has 3 rings (SSSR count). The van der Waals surface area contributed by atoms with Gasteiger partial charge in [-0.05, 0) is 23.8 Å². The predicted octanol–water partition coefficient (Wildman–Crippen LogP) is 3.21. The maximum atomic E-state index is 12.2. The second-order valence-electron chi connectivity index (χ2n) is 6.69. The van der Waals surface area contributed by atoms with Gasteiger partial charge in [0.2, 0.25) is 10.9 Å². The lowest BCUT2D eigenvalue weighted by Gasteiger charge is -2.41. The van der Waals surface area contributed by atoms with Crippen LogP contribution in [-0.4, -0.2) is 13.1 Å². The molecule has 0 radical (unpaired) electrons. The molecule has 0 amide bonds. The molecule has 1 aliphatic carbocycles. The summed E-state index contributed by atoms with van der Waals surface area (Å²) in [6.45, 7) is 4.55. The normalized spacial score (nSPS) is 25.3. The second kappa shape index (κ2) is 5.71. The monoisotopic (exact) mass is 297 g/mol. The van der Waals surface area contributed by atoms with Crippen molar-refractivity contribution in [2.45, 2.75) is 39.2 Å². The van der Waals surface area contributed by atoms with Gasteiger partial charge in [-0.2, -0.15) is 0 Å². The van der Waals surface area contributed by atoms with Gasteiger partial charge >= 0.3 is 0 Å². The Bertz CT molecular complexity index is 728. The van der Waals surface area contributed by atoms with E-state index in [9.17, 15) is 9.59 Å². The number of hydrogen-bond donors (Lipinski definition) is 0. The summed E-state index contributed by atoms with van der Waals surface area (Å²) in [5.41, 5.74) is 1.39. The number of anilines is 1. The van der Waals surface area contributed by atoms with Crippen molar-refractivity contribution in [2.75, 3.05) is 11.9 Å². The standard InChI is InChI=1S/C19H23NO2/c1-12-8-7-11-15(13(12)2)20(3)17-16(18(21)19(17)22)14-9-5-4-6-10-14/h4-6,9-10,12-13,15H,7-8,11H2,1-3H3/t12-,13+,15+/m1/s1. The molecule has 1 fully saturated rings. The molecule has 3 nitrogen and oxygen atoms in total. The summed E-state index contributed by atoms with van der Waals surface area (Å²) in [5, 5.41) is 0. The van der Waals surface area contributed by atoms with E-state index in [1.54, 1.807) is 0 Å². The van der Waals surface area contributed by atoms with Gasteiger partial charge in [-0.3, -0.25) is 9.59 Å². The molecule has 0 unspecified atom stereocenters. The molecule has 3 atom stereocenters. The highest BCUT2D eigenvalue weighted by molar-refractivity contribution is 5.82. The highest BCUT2D eigenvalue weighted by Crippen LogP contribution is 2.36. The van der Waals surface area contributed by atoms with Gasteiger partial charge in [0, 0.05) is 13.1 Å². The zero-order valence-electron chi connectivity index (χ0n) is 13.5. The lowest BCUT2D eigenvalue weighted by molar-refractivity contribution is 0.234. The molecule has 2 aromatic rings. The van der Waals surface area contributed by atoms with Crippen LogP contribution < -0.4 is 15.8 Å². The minimum absolute atomic E-state index is 0.327. The van der Waals surface area contributed by atoms with E-state index in [0.29, 0.717) is 29.1 Å². The van der Waals surface area contributed by atoms with Gasteiger partial charge in [-0.15, -0.1) is 0 Å². The first-order chi connectivity index (χ1) is 10.5. The van der Waals surface area contributed by atoms with Crippen LogP contribution in [-0.2, 0) is 0 Å². The molecule has 0 saturated heterocycles. The van der Waals surface area contributed by atoms with Crippen molar-refractivity contribution in [2.24, 2.45) is 11.8 Å². The van der Waals surface area contributed by atoms with Crippen molar-refractivity contribution in [1.82, 2.24) is 0 Å². The summed E-state index contributed by atoms with van der Waals surface area (Å²) in [5.74, 6) is 1.19. The fourth-order valence-corrected chi connectivity index (χ4v) is 3.85. The number of nitrogens with zero attached hydrogens (tertiary/aromatic N) is 1. The molecule has 0 bridgehead atoms. The van der Waals surface area contributed by atoms with Crippen LogP contribution >= 0.6 is 0 Å². The minimum atomic E-state index is -0.343. The summed E-state index contributed by atoms with van der Waals surface area (Å²) in [6, 6.07) is 9.88. The van der Waals surface area contributed by atoms with Gasteiger partial charge in [0.05, 0.1) is 5.56 Å². The topological polar surface area (TPSA) is 37.4 Å². The van der Waals surface area contributed by atoms with Gasteiger partial charge in [0.25, 0.3) is 0 Å². The number of rotatable bonds is 3. The van der Waals surface area contributed by atoms with Crippen LogP contribution in [0.15, 0.2) is 39.9 Å². The van der Waals surface area contributed by atoms with E-state index in [1.807, 2.05) is 37.4 Å². The number of benzene rings is 1. The summed E-state index contributed by atoms with van der Waals surface area (Å²) in [7, 11) is 1.97. The van der Waals surface area contributed by atoms with Crippen molar-refractivity contribution >= 4 is 5.69 Å². The Hall–Kier alpha value is -1.90. The van der Waals surface area contributed by atoms with Crippen LogP contribution in [0.4, 0.5) is 5.69 Å². The van der Waals surface area contributed by atoms with Crippen LogP contribution in [0.5, 0.6) is 0 Å². The maximum absolute atomic E-state index is 12.2. The molecule has 22 heavy (non-hydrogen) atoms. The predicted molar refractivity (Wildman–Crippen MR) is 91.2 cm³/mol. The van der Waals surface area contributed by atoms with Crippen LogP contribution in [0, 0.1) is 11.8 Å². The molecule has 116 valence electrons. The molecule has 1 saturated carbocycles. The fraction of sp³-hybridized carbons (Fsp3) is 0.474. The third kappa shape index (κ3) is 2.29. The highest BCUT2D eigenvalue weighted by Gasteiger charge is 2.34. The van der Waals surface area contributed by atoms with Crippen molar-refractivity contribution in [3.8, 4) is 11.1 Å². The Morgan fingerprint density at radius 2 is 1.68 bits per heavy atom. The lowest BCUT2D eigenvalue weighted by atomic mass is 9.77. The third-order valence-electron chi connectivity index (χ3n) is 5.46. The van der Waals surface area contributed by atoms with Gasteiger partial charge in [0.1, 0.15) is 5.69 Å². The first-order valence-electron chi connectivity index (χ1n) is 8.14. The Labute approximate surface area is 131 Å². The van der Waals surface area contributed by atoms with E-state index in [0.717, 1.165) is 12.0 Å². The van der Waals surface area contributed by atoms with Gasteiger partial charge in [0.15, 0.2) is 0 Å². The first kappa shape index (κ1) is 15.0. The van der Waals surface area contributed by atoms with Crippen molar-refractivity contribution in [3.63, 3.8) is 0 Å². The third-order valence-corrected chi connectivity index (χ3v) is 5.46. The van der Waals surface area contributed by atoms with Gasteiger partial charge in [-0.25, -0.2) is 0 Å². The molecule has 2 aromatic carbocycles. The van der Waals surface area contributed by atoms with Crippen LogP contribution in [0.1, 0.15) is 33.1 Å². The smallest absolute Gasteiger partial charge is 0.250 e. The molecular formula is C19H23NO2. The van der Waals surface area contributed by atoms with E-state index in [2.05, 4.69) is 18.7 Å². The van der Waals surface area contributed by atoms with Crippen LogP contribution in [0.25, 0.3) is 11.1 Å². The average molecular weight is 297 g/mol. The highest BCUT2D eigenvalue weighted by atomic mass is 16.2. The largest absolute Gasteiger partial charge is 0.367 e. The van der Waals surface area contributed by atoms with E-state index in [1.165, 1.54) is 12.8 Å². The van der Waals surface area contributed by atoms with Crippen molar-refractivity contribution < 1.29 is 0 Å². The molecule has 0 N–H and O–H groups in total. The summed E-state index contributed by atoms with van der Waals surface area (Å²) in [6.07, 6.45) is 3.54. The number of hydrogen-bond acceptors (Lipinski definition) is 3. The lowest BCUT2D eigenvalue weighted by Crippen LogP contribution is -2.48.